The van der Waals surface area contributed by atoms with Crippen LogP contribution < -0.4 is 5.32 Å². The fourth-order valence-electron chi connectivity index (χ4n) is 1.48. The third kappa shape index (κ3) is 4.73. The fourth-order valence-corrected chi connectivity index (χ4v) is 2.32. The predicted molar refractivity (Wildman–Crippen MR) is 83.3 cm³/mol. The van der Waals surface area contributed by atoms with E-state index in [0.717, 1.165) is 17.8 Å². The van der Waals surface area contributed by atoms with Crippen molar-refractivity contribution in [3.05, 3.63) is 39.6 Å². The predicted octanol–water partition coefficient (Wildman–Crippen LogP) is 2.10. The van der Waals surface area contributed by atoms with Gasteiger partial charge >= 0.3 is 5.97 Å². The van der Waals surface area contributed by atoms with Gasteiger partial charge in [0, 0.05) is 11.8 Å². The molecule has 9 nitrogen and oxygen atoms in total. The van der Waals surface area contributed by atoms with Gasteiger partial charge in [-0.2, -0.15) is 15.8 Å². The number of carbonyl (C=O) groups is 1. The molecule has 0 radical (unpaired) electrons. The molecule has 24 heavy (non-hydrogen) atoms. The number of methoxy groups -OCH3 is 1. The Morgan fingerprint density at radius 1 is 1.33 bits per heavy atom. The second-order valence-corrected chi connectivity index (χ2v) is 5.03. The molecule has 1 aromatic carbocycles. The number of nitro benzene ring substituents is 1. The maximum absolute atomic E-state index is 11.2. The highest BCUT2D eigenvalue weighted by Gasteiger charge is 2.17. The van der Waals surface area contributed by atoms with Crippen molar-refractivity contribution in [2.75, 3.05) is 18.2 Å². The molecule has 0 bridgehead atoms. The van der Waals surface area contributed by atoms with E-state index in [-0.39, 0.29) is 27.7 Å². The molecule has 10 heteroatoms. The Morgan fingerprint density at radius 3 is 2.50 bits per heavy atom. The molecular formula is C14H9N5O4S. The van der Waals surface area contributed by atoms with Crippen molar-refractivity contribution in [3.63, 3.8) is 0 Å². The van der Waals surface area contributed by atoms with E-state index in [2.05, 4.69) is 10.1 Å². The number of esters is 1. The molecule has 0 fully saturated rings. The van der Waals surface area contributed by atoms with Crippen LogP contribution in [0.15, 0.2) is 34.4 Å². The SMILES string of the molecule is COC(=O)CSc1ccc(NC(C#N)=C(C#N)C#N)cc1[N+](=O)[O-]. The Balaban J connectivity index is 3.16. The molecule has 0 amide bonds. The highest BCUT2D eigenvalue weighted by atomic mass is 32.2. The fraction of sp³-hybridized carbons (Fsp3) is 0.143. The summed E-state index contributed by atoms with van der Waals surface area (Å²) >= 11 is 0.931. The van der Waals surface area contributed by atoms with E-state index in [4.69, 9.17) is 15.8 Å². The van der Waals surface area contributed by atoms with Crippen molar-refractivity contribution in [1.29, 1.82) is 15.8 Å². The number of thioether (sulfide) groups is 1. The minimum absolute atomic E-state index is 0.0967. The van der Waals surface area contributed by atoms with Crippen molar-refractivity contribution >= 4 is 29.1 Å². The normalized spacial score (nSPS) is 8.92. The van der Waals surface area contributed by atoms with E-state index in [1.165, 1.54) is 19.2 Å². The van der Waals surface area contributed by atoms with Crippen molar-refractivity contribution in [1.82, 2.24) is 0 Å². The van der Waals surface area contributed by atoms with Gasteiger partial charge in [0.05, 0.1) is 22.7 Å². The van der Waals surface area contributed by atoms with Crippen LogP contribution in [0.25, 0.3) is 0 Å². The lowest BCUT2D eigenvalue weighted by molar-refractivity contribution is -0.387. The van der Waals surface area contributed by atoms with E-state index in [1.54, 1.807) is 18.2 Å². The summed E-state index contributed by atoms with van der Waals surface area (Å²) < 4.78 is 4.47. The molecule has 0 spiro atoms. The van der Waals surface area contributed by atoms with Gasteiger partial charge in [0.1, 0.15) is 23.9 Å². The maximum atomic E-state index is 11.2. The van der Waals surface area contributed by atoms with Crippen LogP contribution in [0.4, 0.5) is 11.4 Å². The number of hydrogen-bond donors (Lipinski definition) is 1. The van der Waals surface area contributed by atoms with Crippen LogP contribution in [0, 0.1) is 44.1 Å². The number of carbonyl (C=O) groups excluding carboxylic acids is 1. The number of anilines is 1. The first-order valence-electron chi connectivity index (χ1n) is 6.16. The minimum Gasteiger partial charge on any atom is -0.468 e. The Morgan fingerprint density at radius 2 is 2.00 bits per heavy atom. The van der Waals surface area contributed by atoms with Gasteiger partial charge in [-0.3, -0.25) is 14.9 Å². The zero-order chi connectivity index (χ0) is 18.1. The highest BCUT2D eigenvalue weighted by molar-refractivity contribution is 8.00. The summed E-state index contributed by atoms with van der Waals surface area (Å²) in [4.78, 5) is 21.9. The van der Waals surface area contributed by atoms with Gasteiger partial charge in [0.15, 0.2) is 5.57 Å². The Hall–Kier alpha value is -3.55. The molecule has 0 aromatic heterocycles. The average Bonchev–Trinajstić information content (AvgIpc) is 2.59. The lowest BCUT2D eigenvalue weighted by atomic mass is 10.2. The van der Waals surface area contributed by atoms with Crippen LogP contribution in [0.5, 0.6) is 0 Å². The standard InChI is InChI=1S/C14H9N5O4S/c1-23-14(20)8-24-13-3-2-10(4-12(13)19(21)22)18-11(7-17)9(5-15)6-16/h2-4,18H,8H2,1H3. The molecule has 0 aliphatic carbocycles. The summed E-state index contributed by atoms with van der Waals surface area (Å²) in [6.07, 6.45) is 0. The minimum atomic E-state index is -0.643. The van der Waals surface area contributed by atoms with E-state index < -0.39 is 16.5 Å². The summed E-state index contributed by atoms with van der Waals surface area (Å²) in [7, 11) is 1.21. The van der Waals surface area contributed by atoms with Gasteiger partial charge in [-0.25, -0.2) is 0 Å². The quantitative estimate of drug-likeness (QED) is 0.269. The summed E-state index contributed by atoms with van der Waals surface area (Å²) in [6, 6.07) is 8.72. The molecular weight excluding hydrogens is 334 g/mol. The van der Waals surface area contributed by atoms with Gasteiger partial charge in [0.2, 0.25) is 0 Å². The van der Waals surface area contributed by atoms with Crippen LogP contribution in [-0.4, -0.2) is 23.8 Å². The first-order chi connectivity index (χ1) is 11.5. The smallest absolute Gasteiger partial charge is 0.315 e. The second-order valence-electron chi connectivity index (χ2n) is 4.01. The molecule has 1 N–H and O–H groups in total. The molecule has 0 saturated carbocycles. The second kappa shape index (κ2) is 8.79. The zero-order valence-corrected chi connectivity index (χ0v) is 13.1. The van der Waals surface area contributed by atoms with Gasteiger partial charge < -0.3 is 10.1 Å². The Bertz CT molecular complexity index is 813. The third-order valence-corrected chi connectivity index (χ3v) is 3.62. The largest absolute Gasteiger partial charge is 0.468 e. The third-order valence-electron chi connectivity index (χ3n) is 2.58. The number of nitro groups is 1. The number of allylic oxidation sites excluding steroid dienone is 2. The summed E-state index contributed by atoms with van der Waals surface area (Å²) in [5.41, 5.74) is -0.890. The summed E-state index contributed by atoms with van der Waals surface area (Å²) in [6.45, 7) is 0. The number of rotatable bonds is 6. The molecule has 1 rings (SSSR count). The Kier molecular flexibility index (Phi) is 6.77. The van der Waals surface area contributed by atoms with Crippen LogP contribution in [0.3, 0.4) is 0 Å². The lowest BCUT2D eigenvalue weighted by Crippen LogP contribution is -2.04. The van der Waals surface area contributed by atoms with Gasteiger partial charge in [-0.15, -0.1) is 11.8 Å². The van der Waals surface area contributed by atoms with E-state index in [9.17, 15) is 14.9 Å². The average molecular weight is 343 g/mol. The van der Waals surface area contributed by atoms with Gasteiger partial charge in [-0.1, -0.05) is 0 Å². The number of nitrogens with zero attached hydrogens (tertiary/aromatic N) is 4. The Labute approximate surface area is 140 Å². The molecule has 120 valence electrons. The van der Waals surface area contributed by atoms with Crippen LogP contribution >= 0.6 is 11.8 Å². The van der Waals surface area contributed by atoms with E-state index in [1.807, 2.05) is 0 Å². The molecule has 0 saturated heterocycles. The first-order valence-corrected chi connectivity index (χ1v) is 7.15. The van der Waals surface area contributed by atoms with E-state index >= 15 is 0 Å². The van der Waals surface area contributed by atoms with Crippen LogP contribution in [0.1, 0.15) is 0 Å². The number of nitriles is 3. The van der Waals surface area contributed by atoms with Crippen molar-refractivity contribution in [2.45, 2.75) is 4.90 Å². The zero-order valence-electron chi connectivity index (χ0n) is 12.3. The molecule has 0 unspecified atom stereocenters. The lowest BCUT2D eigenvalue weighted by Gasteiger charge is -2.07. The van der Waals surface area contributed by atoms with Gasteiger partial charge in [0.25, 0.3) is 5.69 Å². The van der Waals surface area contributed by atoms with Crippen molar-refractivity contribution in [3.8, 4) is 18.2 Å². The topological polar surface area (TPSA) is 153 Å². The molecule has 0 aliphatic rings. The van der Waals surface area contributed by atoms with Crippen molar-refractivity contribution < 1.29 is 14.5 Å². The molecule has 1 aromatic rings. The molecule has 0 heterocycles. The highest BCUT2D eigenvalue weighted by Crippen LogP contribution is 2.32. The monoisotopic (exact) mass is 343 g/mol. The summed E-state index contributed by atoms with van der Waals surface area (Å²) in [5, 5.41) is 40.1. The van der Waals surface area contributed by atoms with Crippen LogP contribution in [0.2, 0.25) is 0 Å². The van der Waals surface area contributed by atoms with Crippen LogP contribution in [-0.2, 0) is 9.53 Å². The van der Waals surface area contributed by atoms with Crippen molar-refractivity contribution in [2.24, 2.45) is 0 Å². The van der Waals surface area contributed by atoms with E-state index in [0.29, 0.717) is 0 Å². The maximum Gasteiger partial charge on any atom is 0.315 e. The number of benzene rings is 1. The van der Waals surface area contributed by atoms with Gasteiger partial charge in [-0.05, 0) is 12.1 Å². The first kappa shape index (κ1) is 18.5. The number of ether oxygens (including phenoxy) is 1. The molecule has 0 atom stereocenters. The summed E-state index contributed by atoms with van der Waals surface area (Å²) in [5.74, 6) is -0.626. The molecule has 0 aliphatic heterocycles. The number of hydrogen-bond acceptors (Lipinski definition) is 9. The number of nitrogens with one attached hydrogen (secondary N) is 1.